The highest BCUT2D eigenvalue weighted by Gasteiger charge is 2.02. The zero-order chi connectivity index (χ0) is 14.8. The van der Waals surface area contributed by atoms with Gasteiger partial charge in [0, 0.05) is 6.21 Å². The largest absolute Gasteiger partial charge is 0.279 e. The average Bonchev–Trinajstić information content (AvgIpc) is 2.47. The first-order valence-electron chi connectivity index (χ1n) is 5.67. The molecular formula is C14H13N5O. The van der Waals surface area contributed by atoms with Gasteiger partial charge in [-0.2, -0.15) is 10.5 Å². The van der Waals surface area contributed by atoms with Crippen LogP contribution < -0.4 is 5.48 Å². The van der Waals surface area contributed by atoms with E-state index in [-0.39, 0.29) is 11.4 Å². The summed E-state index contributed by atoms with van der Waals surface area (Å²) in [6, 6.07) is 11.3. The van der Waals surface area contributed by atoms with E-state index in [1.54, 1.807) is 0 Å². The minimum Gasteiger partial charge on any atom is -0.279 e. The molecular weight excluding hydrogens is 254 g/mol. The molecule has 100 valence electrons. The van der Waals surface area contributed by atoms with Crippen LogP contribution in [0.15, 0.2) is 45.6 Å². The van der Waals surface area contributed by atoms with Gasteiger partial charge in [0.2, 0.25) is 0 Å². The standard InChI is InChI=1S/C14H13N5O/c1-11-3-5-12(6-4-11)9-17-13(7-15)14(8-16)18-10-19-20-2/h3-6,9-10H,1-2H3,(H,18,19)/b14-13-,17-9?. The van der Waals surface area contributed by atoms with Crippen molar-refractivity contribution in [2.75, 3.05) is 7.11 Å². The van der Waals surface area contributed by atoms with Gasteiger partial charge in [-0.1, -0.05) is 29.8 Å². The van der Waals surface area contributed by atoms with Gasteiger partial charge in [0.05, 0.1) is 7.11 Å². The maximum atomic E-state index is 9.01. The summed E-state index contributed by atoms with van der Waals surface area (Å²) >= 11 is 0. The molecule has 0 spiro atoms. The molecule has 20 heavy (non-hydrogen) atoms. The van der Waals surface area contributed by atoms with Gasteiger partial charge in [-0.25, -0.2) is 9.98 Å². The number of aryl methyl sites for hydroxylation is 1. The zero-order valence-electron chi connectivity index (χ0n) is 11.2. The van der Waals surface area contributed by atoms with Crippen molar-refractivity contribution in [3.05, 3.63) is 46.8 Å². The quantitative estimate of drug-likeness (QED) is 0.381. The second-order valence-electron chi connectivity index (χ2n) is 3.67. The topological polar surface area (TPSA) is 93.6 Å². The lowest BCUT2D eigenvalue weighted by atomic mass is 10.2. The smallest absolute Gasteiger partial charge is 0.178 e. The minimum atomic E-state index is -0.0968. The first-order valence-corrected chi connectivity index (χ1v) is 5.67. The number of nitriles is 2. The second kappa shape index (κ2) is 8.20. The Balaban J connectivity index is 2.97. The van der Waals surface area contributed by atoms with E-state index in [1.165, 1.54) is 13.3 Å². The van der Waals surface area contributed by atoms with Gasteiger partial charge in [-0.15, -0.1) is 0 Å². The van der Waals surface area contributed by atoms with Crippen LogP contribution in [0.3, 0.4) is 0 Å². The maximum Gasteiger partial charge on any atom is 0.178 e. The molecule has 0 fully saturated rings. The van der Waals surface area contributed by atoms with Crippen LogP contribution in [0.1, 0.15) is 11.1 Å². The Labute approximate surface area is 117 Å². The molecule has 0 heterocycles. The number of aliphatic imine (C=N–C) groups is 2. The highest BCUT2D eigenvalue weighted by molar-refractivity contribution is 5.81. The maximum absolute atomic E-state index is 9.01. The van der Waals surface area contributed by atoms with Crippen LogP contribution in [-0.4, -0.2) is 19.7 Å². The third kappa shape index (κ3) is 4.73. The van der Waals surface area contributed by atoms with Crippen LogP contribution in [0, 0.1) is 29.6 Å². The van der Waals surface area contributed by atoms with E-state index >= 15 is 0 Å². The molecule has 0 unspecified atom stereocenters. The number of hydroxylamine groups is 1. The Kier molecular flexibility index (Phi) is 6.19. The average molecular weight is 267 g/mol. The van der Waals surface area contributed by atoms with Crippen LogP contribution in [0.2, 0.25) is 0 Å². The summed E-state index contributed by atoms with van der Waals surface area (Å²) in [5, 5.41) is 18.0. The van der Waals surface area contributed by atoms with Crippen molar-refractivity contribution in [3.63, 3.8) is 0 Å². The van der Waals surface area contributed by atoms with Gasteiger partial charge < -0.3 is 0 Å². The predicted octanol–water partition coefficient (Wildman–Crippen LogP) is 1.85. The third-order valence-corrected chi connectivity index (χ3v) is 2.22. The molecule has 1 N–H and O–H groups in total. The summed E-state index contributed by atoms with van der Waals surface area (Å²) in [7, 11) is 1.41. The molecule has 0 aromatic heterocycles. The lowest BCUT2D eigenvalue weighted by molar-refractivity contribution is 0.148. The number of hydrogen-bond acceptors (Lipinski definition) is 5. The lowest BCUT2D eigenvalue weighted by Crippen LogP contribution is -2.07. The molecule has 0 aliphatic heterocycles. The van der Waals surface area contributed by atoms with Crippen molar-refractivity contribution in [2.24, 2.45) is 9.98 Å². The van der Waals surface area contributed by atoms with Crippen molar-refractivity contribution >= 4 is 12.6 Å². The SMILES string of the molecule is CONC=N/C(C#N)=C(/C#N)N=Cc1ccc(C)cc1. The molecule has 6 heteroatoms. The molecule has 0 atom stereocenters. The second-order valence-corrected chi connectivity index (χ2v) is 3.67. The van der Waals surface area contributed by atoms with Gasteiger partial charge in [-0.05, 0) is 12.5 Å². The van der Waals surface area contributed by atoms with E-state index in [0.29, 0.717) is 0 Å². The minimum absolute atomic E-state index is 0.0674. The zero-order valence-corrected chi connectivity index (χ0v) is 11.2. The van der Waals surface area contributed by atoms with Crippen molar-refractivity contribution in [1.29, 1.82) is 10.5 Å². The lowest BCUT2D eigenvalue weighted by Gasteiger charge is -1.95. The predicted molar refractivity (Wildman–Crippen MR) is 75.7 cm³/mol. The van der Waals surface area contributed by atoms with Gasteiger partial charge in [0.25, 0.3) is 0 Å². The van der Waals surface area contributed by atoms with Gasteiger partial charge in [0.1, 0.15) is 18.5 Å². The van der Waals surface area contributed by atoms with Crippen LogP contribution in [-0.2, 0) is 4.84 Å². The Morgan fingerprint density at radius 1 is 1.15 bits per heavy atom. The van der Waals surface area contributed by atoms with E-state index in [2.05, 4.69) is 20.3 Å². The van der Waals surface area contributed by atoms with E-state index in [9.17, 15) is 0 Å². The Morgan fingerprint density at radius 2 is 1.75 bits per heavy atom. The molecule has 1 aromatic carbocycles. The molecule has 0 saturated carbocycles. The molecule has 6 nitrogen and oxygen atoms in total. The molecule has 1 aromatic rings. The van der Waals surface area contributed by atoms with Gasteiger partial charge in [-0.3, -0.25) is 10.3 Å². The van der Waals surface area contributed by atoms with Crippen molar-refractivity contribution in [2.45, 2.75) is 6.92 Å². The molecule has 0 aliphatic rings. The number of rotatable bonds is 5. The van der Waals surface area contributed by atoms with E-state index in [4.69, 9.17) is 10.5 Å². The Bertz CT molecular complexity index is 614. The summed E-state index contributed by atoms with van der Waals surface area (Å²) in [5.41, 5.74) is 4.13. The molecule has 0 bridgehead atoms. The fourth-order valence-electron chi connectivity index (χ4n) is 1.22. The summed E-state index contributed by atoms with van der Waals surface area (Å²) < 4.78 is 0. The van der Waals surface area contributed by atoms with Gasteiger partial charge in [0.15, 0.2) is 11.4 Å². The van der Waals surface area contributed by atoms with Crippen molar-refractivity contribution in [1.82, 2.24) is 5.48 Å². The van der Waals surface area contributed by atoms with Crippen molar-refractivity contribution < 1.29 is 4.84 Å². The van der Waals surface area contributed by atoms with Crippen LogP contribution in [0.4, 0.5) is 0 Å². The molecule has 0 radical (unpaired) electrons. The number of nitrogens with one attached hydrogen (secondary N) is 1. The third-order valence-electron chi connectivity index (χ3n) is 2.22. The fourth-order valence-corrected chi connectivity index (χ4v) is 1.22. The van der Waals surface area contributed by atoms with E-state index in [0.717, 1.165) is 17.5 Å². The molecule has 0 amide bonds. The highest BCUT2D eigenvalue weighted by Crippen LogP contribution is 2.07. The first kappa shape index (κ1) is 15.1. The normalized spacial score (nSPS) is 12.0. The van der Waals surface area contributed by atoms with E-state index in [1.807, 2.05) is 43.3 Å². The fraction of sp³-hybridized carbons (Fsp3) is 0.143. The summed E-state index contributed by atoms with van der Waals surface area (Å²) in [6.45, 7) is 1.98. The Morgan fingerprint density at radius 3 is 2.30 bits per heavy atom. The molecule has 0 saturated heterocycles. The highest BCUT2D eigenvalue weighted by atomic mass is 16.6. The molecule has 1 rings (SSSR count). The van der Waals surface area contributed by atoms with Crippen LogP contribution in [0.25, 0.3) is 0 Å². The summed E-state index contributed by atoms with van der Waals surface area (Å²) in [6.07, 6.45) is 2.67. The van der Waals surface area contributed by atoms with Crippen LogP contribution in [0.5, 0.6) is 0 Å². The number of benzene rings is 1. The number of allylic oxidation sites excluding steroid dienone is 2. The van der Waals surface area contributed by atoms with Crippen molar-refractivity contribution in [3.8, 4) is 12.1 Å². The summed E-state index contributed by atoms with van der Waals surface area (Å²) in [4.78, 5) is 12.3. The monoisotopic (exact) mass is 267 g/mol. The summed E-state index contributed by atoms with van der Waals surface area (Å²) in [5.74, 6) is 0. The van der Waals surface area contributed by atoms with Gasteiger partial charge >= 0.3 is 0 Å². The Hall–Kier alpha value is -2.96. The first-order chi connectivity index (χ1) is 9.71. The number of nitrogens with zero attached hydrogens (tertiary/aromatic N) is 4. The van der Waals surface area contributed by atoms with E-state index < -0.39 is 0 Å². The number of hydrogen-bond donors (Lipinski definition) is 1. The van der Waals surface area contributed by atoms with Crippen LogP contribution >= 0.6 is 0 Å². The molecule has 0 aliphatic carbocycles.